The van der Waals surface area contributed by atoms with Gasteiger partial charge in [0.1, 0.15) is 21.9 Å². The minimum absolute atomic E-state index is 0.0735. The molecule has 0 bridgehead atoms. The molecule has 1 aromatic heterocycles. The Morgan fingerprint density at radius 3 is 2.52 bits per heavy atom. The number of carbonyl (C=O) groups is 3. The molecule has 0 radical (unpaired) electrons. The van der Waals surface area contributed by atoms with E-state index >= 15 is 0 Å². The van der Waals surface area contributed by atoms with Gasteiger partial charge in [-0.25, -0.2) is 4.79 Å². The number of thioether (sulfide) groups is 1. The second-order valence-electron chi connectivity index (χ2n) is 6.41. The van der Waals surface area contributed by atoms with E-state index in [9.17, 15) is 19.5 Å². The number of carboxylic acid groups (broad SMARTS) is 2. The zero-order valence-electron chi connectivity index (χ0n) is 15.3. The normalized spacial score (nSPS) is 16.4. The molecule has 1 atom stereocenters. The Morgan fingerprint density at radius 1 is 1.21 bits per heavy atom. The van der Waals surface area contributed by atoms with Gasteiger partial charge in [-0.1, -0.05) is 53.8 Å². The van der Waals surface area contributed by atoms with Crippen LogP contribution in [0.3, 0.4) is 0 Å². The fourth-order valence-electron chi connectivity index (χ4n) is 2.80. The Balaban J connectivity index is 1.81. The smallest absolute Gasteiger partial charge is 0.326 e. The number of nitrogens with zero attached hydrogens (tertiary/aromatic N) is 1. The maximum absolute atomic E-state index is 12.7. The first-order chi connectivity index (χ1) is 13.8. The van der Waals surface area contributed by atoms with Crippen LogP contribution in [-0.4, -0.2) is 43.3 Å². The van der Waals surface area contributed by atoms with Crippen molar-refractivity contribution < 1.29 is 29.0 Å². The fourth-order valence-corrected chi connectivity index (χ4v) is 4.14. The monoisotopic (exact) mass is 431 g/mol. The van der Waals surface area contributed by atoms with E-state index in [0.717, 1.165) is 27.8 Å². The van der Waals surface area contributed by atoms with Crippen molar-refractivity contribution in [3.05, 3.63) is 52.6 Å². The number of aliphatic carboxylic acids is 2. The van der Waals surface area contributed by atoms with Gasteiger partial charge in [0.05, 0.1) is 4.91 Å². The number of hydrogen-bond acceptors (Lipinski definition) is 6. The first-order valence-corrected chi connectivity index (χ1v) is 9.87. The van der Waals surface area contributed by atoms with Crippen molar-refractivity contribution in [3.8, 4) is 11.3 Å². The third-order valence-corrected chi connectivity index (χ3v) is 5.62. The summed E-state index contributed by atoms with van der Waals surface area (Å²) in [6, 6.07) is 9.95. The second kappa shape index (κ2) is 8.62. The molecule has 0 aliphatic carbocycles. The Morgan fingerprint density at radius 2 is 1.90 bits per heavy atom. The van der Waals surface area contributed by atoms with Crippen LogP contribution >= 0.6 is 24.0 Å². The largest absolute Gasteiger partial charge is 0.481 e. The SMILES string of the molecule is Cc1ccc(-c2ccc(/C=C3/SC(=S)N(C(CCC(=O)O)C(=O)O)C3=O)o2)cc1. The standard InChI is InChI=1S/C20H17NO6S2/c1-11-2-4-12(5-3-11)15-8-6-13(27-15)10-16-18(24)21(20(28)29-16)14(19(25)26)7-9-17(22)23/h2-6,8,10,14H,7,9H2,1H3,(H,22,23)(H,25,26)/b16-10+. The van der Waals surface area contributed by atoms with Crippen LogP contribution in [0.15, 0.2) is 45.7 Å². The molecule has 1 unspecified atom stereocenters. The van der Waals surface area contributed by atoms with Gasteiger partial charge < -0.3 is 14.6 Å². The van der Waals surface area contributed by atoms with Crippen LogP contribution in [0.1, 0.15) is 24.2 Å². The Kier molecular flexibility index (Phi) is 6.19. The lowest BCUT2D eigenvalue weighted by Gasteiger charge is -2.22. The van der Waals surface area contributed by atoms with Gasteiger partial charge in [0, 0.05) is 18.1 Å². The summed E-state index contributed by atoms with van der Waals surface area (Å²) in [5, 5.41) is 18.2. The van der Waals surface area contributed by atoms with Crippen LogP contribution in [0.5, 0.6) is 0 Å². The highest BCUT2D eigenvalue weighted by Gasteiger charge is 2.40. The number of thiocarbonyl (C=S) groups is 1. The van der Waals surface area contributed by atoms with Crippen LogP contribution in [0.2, 0.25) is 0 Å². The van der Waals surface area contributed by atoms with Crippen molar-refractivity contribution in [2.75, 3.05) is 0 Å². The van der Waals surface area contributed by atoms with E-state index in [1.807, 2.05) is 31.2 Å². The van der Waals surface area contributed by atoms with Crippen molar-refractivity contribution in [1.29, 1.82) is 0 Å². The summed E-state index contributed by atoms with van der Waals surface area (Å²) in [5.41, 5.74) is 2.02. The van der Waals surface area contributed by atoms with E-state index in [1.165, 1.54) is 6.08 Å². The highest BCUT2D eigenvalue weighted by Crippen LogP contribution is 2.35. The van der Waals surface area contributed by atoms with Gasteiger partial charge in [-0.3, -0.25) is 14.5 Å². The van der Waals surface area contributed by atoms with Crippen molar-refractivity contribution in [1.82, 2.24) is 4.90 Å². The average molecular weight is 431 g/mol. The Hall–Kier alpha value is -2.91. The highest BCUT2D eigenvalue weighted by molar-refractivity contribution is 8.26. The minimum Gasteiger partial charge on any atom is -0.481 e. The third-order valence-electron chi connectivity index (χ3n) is 4.29. The van der Waals surface area contributed by atoms with Crippen molar-refractivity contribution >= 4 is 52.2 Å². The Labute approximate surface area is 176 Å². The molecule has 150 valence electrons. The molecule has 2 N–H and O–H groups in total. The maximum atomic E-state index is 12.7. The molecular formula is C20H17NO6S2. The lowest BCUT2D eigenvalue weighted by molar-refractivity contribution is -0.146. The summed E-state index contributed by atoms with van der Waals surface area (Å²) in [5.74, 6) is -1.96. The number of furan rings is 1. The molecule has 0 spiro atoms. The van der Waals surface area contributed by atoms with Crippen LogP contribution < -0.4 is 0 Å². The molecule has 1 aliphatic heterocycles. The van der Waals surface area contributed by atoms with Crippen LogP contribution in [-0.2, 0) is 14.4 Å². The summed E-state index contributed by atoms with van der Waals surface area (Å²) < 4.78 is 5.85. The van der Waals surface area contributed by atoms with Crippen LogP contribution in [0, 0.1) is 6.92 Å². The molecule has 9 heteroatoms. The molecule has 1 fully saturated rings. The average Bonchev–Trinajstić information content (AvgIpc) is 3.22. The van der Waals surface area contributed by atoms with Gasteiger partial charge in [-0.15, -0.1) is 0 Å². The van der Waals surface area contributed by atoms with Gasteiger partial charge in [0.15, 0.2) is 0 Å². The van der Waals surface area contributed by atoms with E-state index in [4.69, 9.17) is 21.7 Å². The topological polar surface area (TPSA) is 108 Å². The lowest BCUT2D eigenvalue weighted by Crippen LogP contribution is -2.44. The molecule has 1 saturated heterocycles. The quantitative estimate of drug-likeness (QED) is 0.504. The number of hydrogen-bond donors (Lipinski definition) is 2. The summed E-state index contributed by atoms with van der Waals surface area (Å²) in [7, 11) is 0. The number of carbonyl (C=O) groups excluding carboxylic acids is 1. The molecular weight excluding hydrogens is 414 g/mol. The number of benzene rings is 1. The van der Waals surface area contributed by atoms with Gasteiger partial charge in [-0.05, 0) is 25.5 Å². The summed E-state index contributed by atoms with van der Waals surface area (Å²) >= 11 is 6.13. The van der Waals surface area contributed by atoms with E-state index in [1.54, 1.807) is 12.1 Å². The number of amides is 1. The van der Waals surface area contributed by atoms with Gasteiger partial charge in [0.25, 0.3) is 5.91 Å². The van der Waals surface area contributed by atoms with E-state index in [0.29, 0.717) is 11.5 Å². The van der Waals surface area contributed by atoms with E-state index in [-0.39, 0.29) is 22.1 Å². The molecule has 2 heterocycles. The van der Waals surface area contributed by atoms with Crippen molar-refractivity contribution in [2.45, 2.75) is 25.8 Å². The zero-order valence-corrected chi connectivity index (χ0v) is 17.0. The molecule has 2 aromatic rings. The Bertz CT molecular complexity index is 1010. The van der Waals surface area contributed by atoms with Crippen molar-refractivity contribution in [3.63, 3.8) is 0 Å². The molecule has 1 amide bonds. The molecule has 29 heavy (non-hydrogen) atoms. The predicted molar refractivity (Wildman–Crippen MR) is 112 cm³/mol. The molecule has 0 saturated carbocycles. The molecule has 1 aliphatic rings. The summed E-state index contributed by atoms with van der Waals surface area (Å²) in [4.78, 5) is 36.2. The van der Waals surface area contributed by atoms with E-state index < -0.39 is 23.9 Å². The second-order valence-corrected chi connectivity index (χ2v) is 8.08. The summed E-state index contributed by atoms with van der Waals surface area (Å²) in [6.45, 7) is 1.99. The molecule has 1 aromatic carbocycles. The van der Waals surface area contributed by atoms with Gasteiger partial charge in [0.2, 0.25) is 0 Å². The fraction of sp³-hybridized carbons (Fsp3) is 0.200. The predicted octanol–water partition coefficient (Wildman–Crippen LogP) is 3.77. The molecule has 7 nitrogen and oxygen atoms in total. The van der Waals surface area contributed by atoms with Gasteiger partial charge in [-0.2, -0.15) is 0 Å². The maximum Gasteiger partial charge on any atom is 0.326 e. The number of carboxylic acids is 2. The van der Waals surface area contributed by atoms with Crippen molar-refractivity contribution in [2.24, 2.45) is 0 Å². The van der Waals surface area contributed by atoms with Crippen LogP contribution in [0.4, 0.5) is 0 Å². The number of aryl methyl sites for hydroxylation is 1. The van der Waals surface area contributed by atoms with Crippen LogP contribution in [0.25, 0.3) is 17.4 Å². The third kappa shape index (κ3) is 4.75. The highest BCUT2D eigenvalue weighted by atomic mass is 32.2. The molecule has 3 rings (SSSR count). The van der Waals surface area contributed by atoms with Gasteiger partial charge >= 0.3 is 11.9 Å². The zero-order chi connectivity index (χ0) is 21.1. The minimum atomic E-state index is -1.33. The lowest BCUT2D eigenvalue weighted by atomic mass is 10.1. The van der Waals surface area contributed by atoms with E-state index in [2.05, 4.69) is 0 Å². The summed E-state index contributed by atoms with van der Waals surface area (Å²) in [6.07, 6.45) is 0.890. The first-order valence-electron chi connectivity index (χ1n) is 8.65. The number of rotatable bonds is 7. The first kappa shape index (κ1) is 20.8.